The maximum atomic E-state index is 5.81. The van der Waals surface area contributed by atoms with E-state index in [4.69, 9.17) is 4.43 Å². The molecule has 4 heteroatoms. The maximum absolute atomic E-state index is 5.81. The van der Waals surface area contributed by atoms with Crippen molar-refractivity contribution in [2.45, 2.75) is 33.5 Å². The summed E-state index contributed by atoms with van der Waals surface area (Å²) in [5, 5.41) is 0. The summed E-state index contributed by atoms with van der Waals surface area (Å²) in [6.07, 6.45) is 0. The van der Waals surface area contributed by atoms with E-state index in [1.165, 1.54) is 0 Å². The molecule has 0 fully saturated rings. The van der Waals surface area contributed by atoms with Crippen LogP contribution in [0.25, 0.3) is 0 Å². The molecular formula is C8H19NOSeSi. The number of hydrogen-bond acceptors (Lipinski definition) is 2. The van der Waals surface area contributed by atoms with Gasteiger partial charge in [-0.05, 0) is 0 Å². The molecule has 0 unspecified atom stereocenters. The molecule has 0 rings (SSSR count). The quantitative estimate of drug-likeness (QED) is 0.686. The fourth-order valence-corrected chi connectivity index (χ4v) is 3.58. The van der Waals surface area contributed by atoms with Gasteiger partial charge in [0.15, 0.2) is 0 Å². The van der Waals surface area contributed by atoms with E-state index < -0.39 is 8.32 Å². The normalized spacial score (nSPS) is 11.1. The molecule has 0 heterocycles. The summed E-state index contributed by atoms with van der Waals surface area (Å²) in [5.41, 5.74) is 0. The van der Waals surface area contributed by atoms with Crippen LogP contribution in [0, 0.1) is 0 Å². The van der Waals surface area contributed by atoms with E-state index in [0.29, 0.717) is 0 Å². The van der Waals surface area contributed by atoms with E-state index in [9.17, 15) is 0 Å². The summed E-state index contributed by atoms with van der Waals surface area (Å²) in [4.78, 5) is 2.19. The molecule has 72 valence electrons. The van der Waals surface area contributed by atoms with E-state index in [2.05, 4.69) is 54.0 Å². The van der Waals surface area contributed by atoms with E-state index >= 15 is 0 Å². The van der Waals surface area contributed by atoms with Gasteiger partial charge in [-0.25, -0.2) is 0 Å². The monoisotopic (exact) mass is 253 g/mol. The van der Waals surface area contributed by atoms with E-state index in [-0.39, 0.29) is 0 Å². The predicted octanol–water partition coefficient (Wildman–Crippen LogP) is 1.44. The Bertz CT molecular complexity index is 152. The summed E-state index contributed by atoms with van der Waals surface area (Å²) in [7, 11) is -1.43. The van der Waals surface area contributed by atoms with Gasteiger partial charge in [0.25, 0.3) is 0 Å². The van der Waals surface area contributed by atoms with Crippen molar-refractivity contribution < 1.29 is 4.43 Å². The molecule has 0 radical (unpaired) electrons. The Morgan fingerprint density at radius 2 is 1.67 bits per heavy atom. The Labute approximate surface area is 84.8 Å². The third-order valence-electron chi connectivity index (χ3n) is 1.42. The van der Waals surface area contributed by atoms with Crippen LogP contribution in [-0.2, 0) is 4.43 Å². The third-order valence-corrected chi connectivity index (χ3v) is 3.27. The van der Waals surface area contributed by atoms with Crippen molar-refractivity contribution in [1.29, 1.82) is 0 Å². The van der Waals surface area contributed by atoms with Gasteiger partial charge in [-0.2, -0.15) is 0 Å². The van der Waals surface area contributed by atoms with Crippen molar-refractivity contribution >= 4 is 28.6 Å². The molecule has 0 aliphatic rings. The average molecular weight is 252 g/mol. The molecule has 0 N–H and O–H groups in total. The Morgan fingerprint density at radius 1 is 1.25 bits per heavy atom. The fourth-order valence-electron chi connectivity index (χ4n) is 0.808. The molecular weight excluding hydrogens is 233 g/mol. The van der Waals surface area contributed by atoms with Crippen LogP contribution in [0.3, 0.4) is 0 Å². The van der Waals surface area contributed by atoms with Gasteiger partial charge in [0.1, 0.15) is 0 Å². The van der Waals surface area contributed by atoms with Crippen molar-refractivity contribution in [2.75, 3.05) is 13.1 Å². The number of rotatable bonds is 5. The first-order valence-electron chi connectivity index (χ1n) is 4.38. The Hall–Kier alpha value is 0.206. The fraction of sp³-hybridized carbons (Fsp3) is 0.875. The molecule has 0 amide bonds. The topological polar surface area (TPSA) is 12.5 Å². The van der Waals surface area contributed by atoms with Crippen LogP contribution in [0.5, 0.6) is 0 Å². The minimum atomic E-state index is -1.43. The van der Waals surface area contributed by atoms with Crippen LogP contribution in [-0.4, -0.2) is 46.6 Å². The van der Waals surface area contributed by atoms with Crippen LogP contribution in [0.1, 0.15) is 13.8 Å². The van der Waals surface area contributed by atoms with Gasteiger partial charge in [0, 0.05) is 0 Å². The summed E-state index contributed by atoms with van der Waals surface area (Å²) in [6.45, 7) is 12.8. The van der Waals surface area contributed by atoms with E-state index in [0.717, 1.165) is 17.8 Å². The van der Waals surface area contributed by atoms with Gasteiger partial charge in [-0.15, -0.1) is 0 Å². The van der Waals surface area contributed by atoms with Gasteiger partial charge >= 0.3 is 84.5 Å². The molecule has 2 nitrogen and oxygen atoms in total. The number of hydrogen-bond donors (Lipinski definition) is 0. The zero-order chi connectivity index (χ0) is 9.78. The molecule has 0 bridgehead atoms. The molecule has 0 aromatic rings. The van der Waals surface area contributed by atoms with Crippen molar-refractivity contribution in [1.82, 2.24) is 4.90 Å². The molecule has 12 heavy (non-hydrogen) atoms. The zero-order valence-corrected chi connectivity index (χ0v) is 11.4. The standard InChI is InChI=1S/C8H19NOSeSi/c1-6-9(7-2)8(11)10-12(3,4)5/h6-7H2,1-5H3. The molecule has 0 atom stereocenters. The molecule has 0 aromatic carbocycles. The van der Waals surface area contributed by atoms with Crippen molar-refractivity contribution in [3.63, 3.8) is 0 Å². The van der Waals surface area contributed by atoms with Gasteiger partial charge in [-0.1, -0.05) is 0 Å². The first kappa shape index (κ1) is 12.2. The predicted molar refractivity (Wildman–Crippen MR) is 58.1 cm³/mol. The van der Waals surface area contributed by atoms with Crippen LogP contribution < -0.4 is 0 Å². The molecule has 0 aliphatic heterocycles. The Kier molecular flexibility index (Phi) is 5.14. The zero-order valence-electron chi connectivity index (χ0n) is 8.68. The molecule has 0 saturated carbocycles. The average Bonchev–Trinajstić information content (AvgIpc) is 1.85. The van der Waals surface area contributed by atoms with E-state index in [1.807, 2.05) is 0 Å². The van der Waals surface area contributed by atoms with Crippen molar-refractivity contribution in [3.8, 4) is 0 Å². The van der Waals surface area contributed by atoms with Gasteiger partial charge in [0.2, 0.25) is 0 Å². The second kappa shape index (κ2) is 5.05. The Balaban J connectivity index is 4.02. The first-order chi connectivity index (χ1) is 5.40. The second-order valence-electron chi connectivity index (χ2n) is 3.65. The van der Waals surface area contributed by atoms with Crippen LogP contribution in [0.15, 0.2) is 0 Å². The molecule has 0 aliphatic carbocycles. The van der Waals surface area contributed by atoms with Crippen molar-refractivity contribution in [3.05, 3.63) is 0 Å². The van der Waals surface area contributed by atoms with Gasteiger partial charge in [0.05, 0.1) is 0 Å². The molecule has 0 aromatic heterocycles. The Morgan fingerprint density at radius 3 is 1.92 bits per heavy atom. The summed E-state index contributed by atoms with van der Waals surface area (Å²) >= 11 is 2.99. The number of nitrogens with zero attached hydrogens (tertiary/aromatic N) is 1. The van der Waals surface area contributed by atoms with E-state index in [1.54, 1.807) is 0 Å². The van der Waals surface area contributed by atoms with Gasteiger partial charge < -0.3 is 0 Å². The molecule has 0 saturated heterocycles. The third kappa shape index (κ3) is 4.96. The SMILES string of the molecule is CCN(CC)C(=[Se])O[Si](C)(C)C. The minimum absolute atomic E-state index is 0.958. The van der Waals surface area contributed by atoms with Crippen LogP contribution >= 0.6 is 0 Å². The van der Waals surface area contributed by atoms with Crippen molar-refractivity contribution in [2.24, 2.45) is 0 Å². The summed E-state index contributed by atoms with van der Waals surface area (Å²) in [5.74, 6) is 0. The first-order valence-corrected chi connectivity index (χ1v) is 8.65. The van der Waals surface area contributed by atoms with Gasteiger partial charge in [-0.3, -0.25) is 0 Å². The van der Waals surface area contributed by atoms with Crippen LogP contribution in [0.4, 0.5) is 0 Å². The molecule has 0 spiro atoms. The summed E-state index contributed by atoms with van der Waals surface area (Å²) < 4.78 is 6.77. The second-order valence-corrected chi connectivity index (χ2v) is 8.81. The summed E-state index contributed by atoms with van der Waals surface area (Å²) in [6, 6.07) is 0. The van der Waals surface area contributed by atoms with Crippen LogP contribution in [0.2, 0.25) is 19.6 Å².